The highest BCUT2D eigenvalue weighted by molar-refractivity contribution is 8.00. The van der Waals surface area contributed by atoms with E-state index in [0.717, 1.165) is 12.8 Å². The molecule has 4 nitrogen and oxygen atoms in total. The quantitative estimate of drug-likeness (QED) is 0.875. The first-order chi connectivity index (χ1) is 9.90. The van der Waals surface area contributed by atoms with Gasteiger partial charge in [-0.1, -0.05) is 38.1 Å². The summed E-state index contributed by atoms with van der Waals surface area (Å²) >= 11 is 1.25. The lowest BCUT2D eigenvalue weighted by Gasteiger charge is -2.37. The van der Waals surface area contributed by atoms with E-state index in [0.29, 0.717) is 0 Å². The lowest BCUT2D eigenvalue weighted by molar-refractivity contribution is -0.119. The zero-order valence-electron chi connectivity index (χ0n) is 12.5. The third-order valence-corrected chi connectivity index (χ3v) is 4.89. The Morgan fingerprint density at radius 1 is 1.33 bits per heavy atom. The molecule has 2 rings (SSSR count). The van der Waals surface area contributed by atoms with Crippen molar-refractivity contribution < 1.29 is 9.59 Å². The fourth-order valence-electron chi connectivity index (χ4n) is 2.84. The van der Waals surface area contributed by atoms with Gasteiger partial charge in [0.2, 0.25) is 11.8 Å². The molecule has 0 radical (unpaired) electrons. The summed E-state index contributed by atoms with van der Waals surface area (Å²) in [5.74, 6) is 0.0190. The van der Waals surface area contributed by atoms with Gasteiger partial charge < -0.3 is 11.1 Å². The molecule has 21 heavy (non-hydrogen) atoms. The van der Waals surface area contributed by atoms with Crippen LogP contribution in [0.1, 0.15) is 43.9 Å². The predicted molar refractivity (Wildman–Crippen MR) is 86.1 cm³/mol. The second-order valence-corrected chi connectivity index (χ2v) is 7.07. The van der Waals surface area contributed by atoms with Crippen LogP contribution in [-0.4, -0.2) is 23.3 Å². The van der Waals surface area contributed by atoms with Crippen LogP contribution in [-0.2, 0) is 15.0 Å². The van der Waals surface area contributed by atoms with Crippen LogP contribution in [0.2, 0.25) is 0 Å². The van der Waals surface area contributed by atoms with Gasteiger partial charge in [-0.05, 0) is 29.4 Å². The Morgan fingerprint density at radius 3 is 2.76 bits per heavy atom. The van der Waals surface area contributed by atoms with Gasteiger partial charge in [-0.15, -0.1) is 11.8 Å². The lowest BCUT2D eigenvalue weighted by Crippen LogP contribution is -2.36. The number of hydrogen-bond donors (Lipinski definition) is 2. The van der Waals surface area contributed by atoms with Crippen molar-refractivity contribution >= 4 is 23.6 Å². The maximum atomic E-state index is 12.0. The number of nitrogens with one attached hydrogen (secondary N) is 1. The third-order valence-electron chi connectivity index (χ3n) is 3.94. The average Bonchev–Trinajstić information content (AvgIpc) is 2.42. The molecular formula is C16H22N2O2S. The molecule has 2 amide bonds. The average molecular weight is 306 g/mol. The maximum Gasteiger partial charge on any atom is 0.230 e. The van der Waals surface area contributed by atoms with E-state index >= 15 is 0 Å². The van der Waals surface area contributed by atoms with Crippen LogP contribution in [0.5, 0.6) is 0 Å². The molecule has 0 aromatic heterocycles. The minimum Gasteiger partial charge on any atom is -0.369 e. The molecule has 0 bridgehead atoms. The fraction of sp³-hybridized carbons (Fsp3) is 0.500. The number of nitrogens with two attached hydrogens (primary N) is 1. The van der Waals surface area contributed by atoms with Crippen molar-refractivity contribution in [1.29, 1.82) is 0 Å². The minimum absolute atomic E-state index is 0.0410. The number of rotatable bonds is 5. The normalized spacial score (nSPS) is 19.6. The summed E-state index contributed by atoms with van der Waals surface area (Å²) in [5.41, 5.74) is 7.74. The van der Waals surface area contributed by atoms with Crippen molar-refractivity contribution in [2.24, 2.45) is 5.73 Å². The van der Waals surface area contributed by atoms with Gasteiger partial charge in [-0.25, -0.2) is 0 Å². The molecular weight excluding hydrogens is 284 g/mol. The Morgan fingerprint density at radius 2 is 2.05 bits per heavy atom. The van der Waals surface area contributed by atoms with Crippen LogP contribution in [0.25, 0.3) is 0 Å². The second kappa shape index (κ2) is 6.52. The highest BCUT2D eigenvalue weighted by Gasteiger charge is 2.32. The van der Waals surface area contributed by atoms with Crippen molar-refractivity contribution in [3.05, 3.63) is 35.4 Å². The Balaban J connectivity index is 2.02. The zero-order valence-corrected chi connectivity index (χ0v) is 13.3. The van der Waals surface area contributed by atoms with Gasteiger partial charge in [0.25, 0.3) is 0 Å². The van der Waals surface area contributed by atoms with Gasteiger partial charge in [-0.2, -0.15) is 0 Å². The van der Waals surface area contributed by atoms with E-state index in [2.05, 4.69) is 31.3 Å². The Labute approximate surface area is 129 Å². The monoisotopic (exact) mass is 306 g/mol. The molecule has 0 spiro atoms. The molecule has 1 atom stereocenters. The van der Waals surface area contributed by atoms with E-state index in [1.807, 2.05) is 12.1 Å². The minimum atomic E-state index is -0.391. The van der Waals surface area contributed by atoms with Crippen LogP contribution in [0.4, 0.5) is 0 Å². The van der Waals surface area contributed by atoms with Crippen LogP contribution in [0, 0.1) is 0 Å². The van der Waals surface area contributed by atoms with Gasteiger partial charge >= 0.3 is 0 Å². The summed E-state index contributed by atoms with van der Waals surface area (Å²) in [6.07, 6.45) is 1.99. The number of hydrogen-bond acceptors (Lipinski definition) is 3. The number of carbonyl (C=O) groups excluding carboxylic acids is 2. The van der Waals surface area contributed by atoms with Gasteiger partial charge in [0.15, 0.2) is 0 Å². The van der Waals surface area contributed by atoms with E-state index in [1.54, 1.807) is 0 Å². The SMILES string of the molecule is CC1(C)CC[C@@H](NC(=O)CSCC(N)=O)c2ccccc21. The summed E-state index contributed by atoms with van der Waals surface area (Å²) < 4.78 is 0. The molecule has 3 N–H and O–H groups in total. The Bertz CT molecular complexity index is 543. The van der Waals surface area contributed by atoms with E-state index < -0.39 is 5.91 Å². The first kappa shape index (κ1) is 15.9. The molecule has 0 unspecified atom stereocenters. The summed E-state index contributed by atoms with van der Waals surface area (Å²) in [6.45, 7) is 4.49. The number of carbonyl (C=O) groups is 2. The van der Waals surface area contributed by atoms with Gasteiger partial charge in [0.1, 0.15) is 0 Å². The van der Waals surface area contributed by atoms with E-state index in [1.165, 1.54) is 22.9 Å². The van der Waals surface area contributed by atoms with Gasteiger partial charge in [0.05, 0.1) is 17.5 Å². The van der Waals surface area contributed by atoms with Crippen molar-refractivity contribution in [3.63, 3.8) is 0 Å². The molecule has 1 aromatic rings. The molecule has 114 valence electrons. The van der Waals surface area contributed by atoms with Gasteiger partial charge in [0, 0.05) is 0 Å². The molecule has 1 aliphatic rings. The molecule has 1 aromatic carbocycles. The highest BCUT2D eigenvalue weighted by Crippen LogP contribution is 2.41. The van der Waals surface area contributed by atoms with E-state index in [9.17, 15) is 9.59 Å². The molecule has 0 saturated carbocycles. The molecule has 0 fully saturated rings. The predicted octanol–water partition coefficient (Wildman–Crippen LogP) is 2.13. The smallest absolute Gasteiger partial charge is 0.230 e. The first-order valence-electron chi connectivity index (χ1n) is 7.15. The summed E-state index contributed by atoms with van der Waals surface area (Å²) in [4.78, 5) is 22.7. The maximum absolute atomic E-state index is 12.0. The van der Waals surface area contributed by atoms with E-state index in [-0.39, 0.29) is 28.9 Å². The van der Waals surface area contributed by atoms with Crippen LogP contribution in [0.15, 0.2) is 24.3 Å². The van der Waals surface area contributed by atoms with E-state index in [4.69, 9.17) is 5.73 Å². The number of benzene rings is 1. The molecule has 0 heterocycles. The zero-order chi connectivity index (χ0) is 15.5. The molecule has 1 aliphatic carbocycles. The Hall–Kier alpha value is -1.49. The molecule has 0 saturated heterocycles. The van der Waals surface area contributed by atoms with Crippen LogP contribution in [0.3, 0.4) is 0 Å². The summed E-state index contributed by atoms with van der Waals surface area (Å²) in [7, 11) is 0. The summed E-state index contributed by atoms with van der Waals surface area (Å²) in [5, 5.41) is 3.07. The number of thioether (sulfide) groups is 1. The molecule has 5 heteroatoms. The Kier molecular flexibility index (Phi) is 4.93. The van der Waals surface area contributed by atoms with Crippen molar-refractivity contribution in [3.8, 4) is 0 Å². The number of amides is 2. The van der Waals surface area contributed by atoms with Gasteiger partial charge in [-0.3, -0.25) is 9.59 Å². The van der Waals surface area contributed by atoms with Crippen molar-refractivity contribution in [2.45, 2.75) is 38.1 Å². The lowest BCUT2D eigenvalue weighted by atomic mass is 9.71. The fourth-order valence-corrected chi connectivity index (χ4v) is 3.41. The number of fused-ring (bicyclic) bond motifs is 1. The first-order valence-corrected chi connectivity index (χ1v) is 8.30. The van der Waals surface area contributed by atoms with Crippen LogP contribution < -0.4 is 11.1 Å². The topological polar surface area (TPSA) is 72.2 Å². The highest BCUT2D eigenvalue weighted by atomic mass is 32.2. The molecule has 0 aliphatic heterocycles. The standard InChI is InChI=1S/C16H22N2O2S/c1-16(2)8-7-13(11-5-3-4-6-12(11)16)18-15(20)10-21-9-14(17)19/h3-6,13H,7-10H2,1-2H3,(H2,17,19)(H,18,20)/t13-/m1/s1. The third kappa shape index (κ3) is 4.00. The summed E-state index contributed by atoms with van der Waals surface area (Å²) in [6, 6.07) is 8.37. The second-order valence-electron chi connectivity index (χ2n) is 6.09. The van der Waals surface area contributed by atoms with Crippen molar-refractivity contribution in [1.82, 2.24) is 5.32 Å². The van der Waals surface area contributed by atoms with Crippen LogP contribution >= 0.6 is 11.8 Å². The van der Waals surface area contributed by atoms with Crippen molar-refractivity contribution in [2.75, 3.05) is 11.5 Å². The largest absolute Gasteiger partial charge is 0.369 e. The number of primary amides is 1.